The number of nitrogen functional groups attached to an aromatic ring is 1. The van der Waals surface area contributed by atoms with Crippen molar-refractivity contribution in [2.24, 2.45) is 0 Å². The highest BCUT2D eigenvalue weighted by Crippen LogP contribution is 2.34. The molecule has 15 heavy (non-hydrogen) atoms. The van der Waals surface area contributed by atoms with E-state index in [1.54, 1.807) is 0 Å². The molecule has 0 atom stereocenters. The second-order valence-corrected chi connectivity index (χ2v) is 2.60. The average molecular weight is 230 g/mol. The van der Waals surface area contributed by atoms with Gasteiger partial charge in [-0.3, -0.25) is 0 Å². The quantitative estimate of drug-likeness (QED) is 0.753. The molecule has 84 valence electrons. The van der Waals surface area contributed by atoms with E-state index in [-0.39, 0.29) is 0 Å². The van der Waals surface area contributed by atoms with E-state index in [2.05, 4.69) is 4.98 Å². The van der Waals surface area contributed by atoms with E-state index >= 15 is 0 Å². The minimum absolute atomic E-state index is 0.370. The largest absolute Gasteiger partial charge is 0.436 e. The summed E-state index contributed by atoms with van der Waals surface area (Å²) in [5.41, 5.74) is 1.41. The Morgan fingerprint density at radius 3 is 2.20 bits per heavy atom. The van der Waals surface area contributed by atoms with Crippen molar-refractivity contribution in [1.82, 2.24) is 4.98 Å². The summed E-state index contributed by atoms with van der Waals surface area (Å²) in [6, 6.07) is 0.370. The van der Waals surface area contributed by atoms with E-state index in [0.29, 0.717) is 6.07 Å². The maximum atomic E-state index is 12.9. The van der Waals surface area contributed by atoms with Crippen LogP contribution in [0.2, 0.25) is 0 Å². The lowest BCUT2D eigenvalue weighted by Crippen LogP contribution is -2.14. The summed E-state index contributed by atoms with van der Waals surface area (Å²) in [4.78, 5) is 2.63. The Balaban J connectivity index is 3.42. The standard InChI is InChI=1S/C7H4F6N2/c8-4-2(6(9)10)1-3(14)15-5(4)7(11,12)13/h1,6H,(H2,14,15). The molecule has 1 heterocycles. The van der Waals surface area contributed by atoms with Gasteiger partial charge in [-0.2, -0.15) is 13.2 Å². The number of aromatic nitrogens is 1. The van der Waals surface area contributed by atoms with Crippen molar-refractivity contribution in [2.75, 3.05) is 5.73 Å². The Morgan fingerprint density at radius 1 is 1.27 bits per heavy atom. The van der Waals surface area contributed by atoms with Gasteiger partial charge in [-0.1, -0.05) is 0 Å². The summed E-state index contributed by atoms with van der Waals surface area (Å²) in [5, 5.41) is 0. The summed E-state index contributed by atoms with van der Waals surface area (Å²) >= 11 is 0. The predicted octanol–water partition coefficient (Wildman–Crippen LogP) is 2.76. The molecular weight excluding hydrogens is 226 g/mol. The minimum atomic E-state index is -5.15. The van der Waals surface area contributed by atoms with Gasteiger partial charge in [0, 0.05) is 0 Å². The van der Waals surface area contributed by atoms with Gasteiger partial charge in [-0.05, 0) is 6.07 Å². The molecule has 8 heteroatoms. The molecule has 0 aromatic carbocycles. The Bertz CT molecular complexity index is 372. The fourth-order valence-electron chi connectivity index (χ4n) is 0.916. The summed E-state index contributed by atoms with van der Waals surface area (Å²) in [7, 11) is 0. The molecule has 0 radical (unpaired) electrons. The van der Waals surface area contributed by atoms with Crippen molar-refractivity contribution in [3.05, 3.63) is 23.1 Å². The van der Waals surface area contributed by atoms with Crippen LogP contribution in [0.15, 0.2) is 6.07 Å². The maximum absolute atomic E-state index is 12.9. The van der Waals surface area contributed by atoms with E-state index in [1.165, 1.54) is 0 Å². The fourth-order valence-corrected chi connectivity index (χ4v) is 0.916. The van der Waals surface area contributed by atoms with Gasteiger partial charge < -0.3 is 5.73 Å². The number of hydrogen-bond donors (Lipinski definition) is 1. The highest BCUT2D eigenvalue weighted by Gasteiger charge is 2.38. The molecule has 1 aromatic rings. The molecule has 0 unspecified atom stereocenters. The van der Waals surface area contributed by atoms with Crippen molar-refractivity contribution in [2.45, 2.75) is 12.6 Å². The van der Waals surface area contributed by atoms with Crippen LogP contribution < -0.4 is 5.73 Å². The Labute approximate surface area is 79.7 Å². The number of rotatable bonds is 1. The van der Waals surface area contributed by atoms with Crippen molar-refractivity contribution >= 4 is 5.82 Å². The van der Waals surface area contributed by atoms with Gasteiger partial charge in [-0.15, -0.1) is 0 Å². The number of hydrogen-bond acceptors (Lipinski definition) is 2. The van der Waals surface area contributed by atoms with Gasteiger partial charge in [0.15, 0.2) is 11.5 Å². The van der Waals surface area contributed by atoms with Crippen molar-refractivity contribution in [3.8, 4) is 0 Å². The van der Waals surface area contributed by atoms with Crippen LogP contribution in [-0.4, -0.2) is 4.98 Å². The third kappa shape index (κ3) is 2.31. The fraction of sp³-hybridized carbons (Fsp3) is 0.286. The normalized spacial score (nSPS) is 12.2. The average Bonchev–Trinajstić information content (AvgIpc) is 2.06. The first-order valence-electron chi connectivity index (χ1n) is 3.54. The van der Waals surface area contributed by atoms with E-state index < -0.39 is 35.5 Å². The van der Waals surface area contributed by atoms with Gasteiger partial charge in [0.2, 0.25) is 0 Å². The van der Waals surface area contributed by atoms with Crippen LogP contribution in [0.4, 0.5) is 32.2 Å². The van der Waals surface area contributed by atoms with Gasteiger partial charge in [0.05, 0.1) is 5.56 Å². The summed E-state index contributed by atoms with van der Waals surface area (Å²) < 4.78 is 73.3. The molecule has 0 amide bonds. The molecule has 0 aliphatic rings. The lowest BCUT2D eigenvalue weighted by molar-refractivity contribution is -0.143. The number of pyridine rings is 1. The van der Waals surface area contributed by atoms with Crippen LogP contribution in [0.5, 0.6) is 0 Å². The van der Waals surface area contributed by atoms with Crippen LogP contribution in [0.1, 0.15) is 17.7 Å². The zero-order valence-corrected chi connectivity index (χ0v) is 6.95. The van der Waals surface area contributed by atoms with Crippen LogP contribution in [0.25, 0.3) is 0 Å². The Kier molecular flexibility index (Phi) is 2.78. The predicted molar refractivity (Wildman–Crippen MR) is 38.6 cm³/mol. The molecule has 0 aliphatic carbocycles. The topological polar surface area (TPSA) is 38.9 Å². The highest BCUT2D eigenvalue weighted by molar-refractivity contribution is 5.37. The molecule has 0 saturated heterocycles. The van der Waals surface area contributed by atoms with Crippen LogP contribution in [0.3, 0.4) is 0 Å². The molecule has 1 aromatic heterocycles. The van der Waals surface area contributed by atoms with E-state index in [1.807, 2.05) is 0 Å². The lowest BCUT2D eigenvalue weighted by atomic mass is 10.2. The molecule has 0 aliphatic heterocycles. The molecule has 0 spiro atoms. The van der Waals surface area contributed by atoms with Crippen molar-refractivity contribution in [1.29, 1.82) is 0 Å². The van der Waals surface area contributed by atoms with Gasteiger partial charge in [0.1, 0.15) is 5.82 Å². The molecule has 1 rings (SSSR count). The maximum Gasteiger partial charge on any atom is 0.436 e. The third-order valence-electron chi connectivity index (χ3n) is 1.51. The second kappa shape index (κ2) is 3.59. The Morgan fingerprint density at radius 2 is 1.80 bits per heavy atom. The zero-order chi connectivity index (χ0) is 11.8. The first kappa shape index (κ1) is 11.6. The summed E-state index contributed by atoms with van der Waals surface area (Å²) in [5.74, 6) is -2.90. The molecule has 0 bridgehead atoms. The summed E-state index contributed by atoms with van der Waals surface area (Å²) in [6.45, 7) is 0. The van der Waals surface area contributed by atoms with Crippen molar-refractivity contribution < 1.29 is 26.3 Å². The highest BCUT2D eigenvalue weighted by atomic mass is 19.4. The second-order valence-electron chi connectivity index (χ2n) is 2.60. The zero-order valence-electron chi connectivity index (χ0n) is 6.95. The number of halogens is 6. The summed E-state index contributed by atoms with van der Waals surface area (Å²) in [6.07, 6.45) is -8.53. The molecule has 2 N–H and O–H groups in total. The lowest BCUT2D eigenvalue weighted by Gasteiger charge is -2.10. The monoisotopic (exact) mass is 230 g/mol. The van der Waals surface area contributed by atoms with Gasteiger partial charge in [-0.25, -0.2) is 18.2 Å². The molecular formula is C7H4F6N2. The number of nitrogens with two attached hydrogens (primary N) is 1. The van der Waals surface area contributed by atoms with Crippen LogP contribution >= 0.6 is 0 Å². The van der Waals surface area contributed by atoms with Gasteiger partial charge >= 0.3 is 6.18 Å². The number of nitrogens with zero attached hydrogens (tertiary/aromatic N) is 1. The van der Waals surface area contributed by atoms with Crippen LogP contribution in [0, 0.1) is 5.82 Å². The van der Waals surface area contributed by atoms with E-state index in [0.717, 1.165) is 0 Å². The number of anilines is 1. The smallest absolute Gasteiger partial charge is 0.384 e. The minimum Gasteiger partial charge on any atom is -0.384 e. The number of alkyl halides is 5. The third-order valence-corrected chi connectivity index (χ3v) is 1.51. The first-order valence-corrected chi connectivity index (χ1v) is 3.54. The van der Waals surface area contributed by atoms with Gasteiger partial charge in [0.25, 0.3) is 6.43 Å². The molecule has 2 nitrogen and oxygen atoms in total. The van der Waals surface area contributed by atoms with Crippen molar-refractivity contribution in [3.63, 3.8) is 0 Å². The Hall–Kier alpha value is -1.47. The SMILES string of the molecule is Nc1cc(C(F)F)c(F)c(C(F)(F)F)n1. The van der Waals surface area contributed by atoms with E-state index in [9.17, 15) is 26.3 Å². The molecule has 0 fully saturated rings. The first-order chi connectivity index (χ1) is 6.73. The van der Waals surface area contributed by atoms with E-state index in [4.69, 9.17) is 5.73 Å². The molecule has 0 saturated carbocycles. The van der Waals surface area contributed by atoms with Crippen LogP contribution in [-0.2, 0) is 6.18 Å².